The molecular weight excluding hydrogens is 259 g/mol. The van der Waals surface area contributed by atoms with Crippen molar-refractivity contribution in [1.29, 1.82) is 0 Å². The van der Waals surface area contributed by atoms with Gasteiger partial charge in [0.15, 0.2) is 6.04 Å². The van der Waals surface area contributed by atoms with Crippen LogP contribution in [0, 0.1) is 0 Å². The highest BCUT2D eigenvalue weighted by Crippen LogP contribution is 2.32. The molecule has 7 heteroatoms. The Labute approximate surface area is 109 Å². The van der Waals surface area contributed by atoms with Gasteiger partial charge in [-0.1, -0.05) is 12.2 Å². The Morgan fingerprint density at radius 1 is 1.53 bits per heavy atom. The predicted octanol–water partition coefficient (Wildman–Crippen LogP) is 2.50. The predicted molar refractivity (Wildman–Crippen MR) is 65.6 cm³/mol. The number of alkyl halides is 3. The lowest BCUT2D eigenvalue weighted by Gasteiger charge is -2.21. The average Bonchev–Trinajstić information content (AvgIpc) is 2.68. The summed E-state index contributed by atoms with van der Waals surface area (Å²) >= 11 is 0. The van der Waals surface area contributed by atoms with Gasteiger partial charge in [-0.15, -0.1) is 0 Å². The molecule has 1 heterocycles. The smallest absolute Gasteiger partial charge is 0.357 e. The molecular formula is C12H16F3N3O. The van der Waals surface area contributed by atoms with Crippen LogP contribution in [0.1, 0.15) is 18.5 Å². The van der Waals surface area contributed by atoms with Gasteiger partial charge < -0.3 is 15.2 Å². The maximum atomic E-state index is 12.9. The minimum absolute atomic E-state index is 0.0134. The number of aryl methyl sites for hydroxylation is 1. The third-order valence-electron chi connectivity index (χ3n) is 2.34. The highest BCUT2D eigenvalue weighted by Gasteiger charge is 2.42. The van der Waals surface area contributed by atoms with Gasteiger partial charge in [-0.05, 0) is 13.0 Å². The number of nitrogens with zero attached hydrogens (tertiary/aromatic N) is 1. The number of urea groups is 1. The maximum Gasteiger partial charge on any atom is 0.412 e. The SMILES string of the molecule is C=C(C)CNC(=O)NC(c1ccn(C)c1)C(F)(F)F. The highest BCUT2D eigenvalue weighted by atomic mass is 19.4. The molecule has 0 aliphatic rings. The van der Waals surface area contributed by atoms with Gasteiger partial charge in [-0.2, -0.15) is 13.2 Å². The van der Waals surface area contributed by atoms with E-state index in [2.05, 4.69) is 11.9 Å². The second-order valence-corrected chi connectivity index (χ2v) is 4.37. The molecule has 0 radical (unpaired) electrons. The van der Waals surface area contributed by atoms with Crippen molar-refractivity contribution in [2.24, 2.45) is 7.05 Å². The fourth-order valence-corrected chi connectivity index (χ4v) is 1.46. The third-order valence-corrected chi connectivity index (χ3v) is 2.34. The number of nitrogens with one attached hydrogen (secondary N) is 2. The molecule has 0 aliphatic carbocycles. The number of hydrogen-bond donors (Lipinski definition) is 2. The Hall–Kier alpha value is -1.92. The Kier molecular flexibility index (Phi) is 4.63. The zero-order valence-corrected chi connectivity index (χ0v) is 10.7. The Morgan fingerprint density at radius 2 is 2.16 bits per heavy atom. The number of rotatable bonds is 4. The van der Waals surface area contributed by atoms with Crippen molar-refractivity contribution in [3.05, 3.63) is 36.2 Å². The van der Waals surface area contributed by atoms with Crippen molar-refractivity contribution in [1.82, 2.24) is 15.2 Å². The topological polar surface area (TPSA) is 46.1 Å². The minimum atomic E-state index is -4.55. The first-order valence-corrected chi connectivity index (χ1v) is 5.57. The molecule has 4 nitrogen and oxygen atoms in total. The van der Waals surface area contributed by atoms with E-state index in [4.69, 9.17) is 0 Å². The standard InChI is InChI=1S/C12H16F3N3O/c1-8(2)6-16-11(19)17-10(12(13,14)15)9-4-5-18(3)7-9/h4-5,7,10H,1,6H2,2-3H3,(H2,16,17,19). The van der Waals surface area contributed by atoms with Crippen LogP contribution in [-0.2, 0) is 7.05 Å². The zero-order chi connectivity index (χ0) is 14.6. The van der Waals surface area contributed by atoms with E-state index in [1.165, 1.54) is 23.0 Å². The second kappa shape index (κ2) is 5.81. The van der Waals surface area contributed by atoms with E-state index in [0.29, 0.717) is 5.57 Å². The summed E-state index contributed by atoms with van der Waals surface area (Å²) in [5.74, 6) is 0. The number of amides is 2. The fraction of sp³-hybridized carbons (Fsp3) is 0.417. The fourth-order valence-electron chi connectivity index (χ4n) is 1.46. The van der Waals surface area contributed by atoms with Crippen molar-refractivity contribution < 1.29 is 18.0 Å². The quantitative estimate of drug-likeness (QED) is 0.815. The summed E-state index contributed by atoms with van der Waals surface area (Å²) in [5, 5.41) is 4.22. The van der Waals surface area contributed by atoms with Crippen molar-refractivity contribution in [3.63, 3.8) is 0 Å². The monoisotopic (exact) mass is 275 g/mol. The summed E-state index contributed by atoms with van der Waals surface area (Å²) < 4.78 is 40.2. The van der Waals surface area contributed by atoms with Crippen molar-refractivity contribution >= 4 is 6.03 Å². The zero-order valence-electron chi connectivity index (χ0n) is 10.7. The Bertz CT molecular complexity index is 465. The summed E-state index contributed by atoms with van der Waals surface area (Å²) in [6.45, 7) is 5.34. The molecule has 106 valence electrons. The van der Waals surface area contributed by atoms with Crippen LogP contribution in [0.5, 0.6) is 0 Å². The van der Waals surface area contributed by atoms with Gasteiger partial charge in [-0.3, -0.25) is 0 Å². The molecule has 1 rings (SSSR count). The molecule has 1 unspecified atom stereocenters. The number of halogens is 3. The average molecular weight is 275 g/mol. The van der Waals surface area contributed by atoms with Crippen LogP contribution >= 0.6 is 0 Å². The number of hydrogen-bond acceptors (Lipinski definition) is 1. The van der Waals surface area contributed by atoms with E-state index in [1.807, 2.05) is 5.32 Å². The van der Waals surface area contributed by atoms with E-state index in [-0.39, 0.29) is 12.1 Å². The highest BCUT2D eigenvalue weighted by molar-refractivity contribution is 5.74. The molecule has 1 aromatic heterocycles. The molecule has 1 atom stereocenters. The molecule has 0 fully saturated rings. The van der Waals surface area contributed by atoms with Gasteiger partial charge in [0.1, 0.15) is 0 Å². The summed E-state index contributed by atoms with van der Waals surface area (Å²) in [4.78, 5) is 11.4. The Balaban J connectivity index is 2.77. The minimum Gasteiger partial charge on any atom is -0.357 e. The molecule has 19 heavy (non-hydrogen) atoms. The van der Waals surface area contributed by atoms with E-state index < -0.39 is 18.2 Å². The summed E-state index contributed by atoms with van der Waals surface area (Å²) in [5.41, 5.74) is 0.638. The largest absolute Gasteiger partial charge is 0.412 e. The summed E-state index contributed by atoms with van der Waals surface area (Å²) in [7, 11) is 1.61. The van der Waals surface area contributed by atoms with Crippen molar-refractivity contribution in [2.45, 2.75) is 19.1 Å². The maximum absolute atomic E-state index is 12.9. The molecule has 1 aromatic rings. The molecule has 2 N–H and O–H groups in total. The first kappa shape index (κ1) is 15.1. The summed E-state index contributed by atoms with van der Waals surface area (Å²) in [6.07, 6.45) is -1.75. The van der Waals surface area contributed by atoms with Crippen molar-refractivity contribution in [3.8, 4) is 0 Å². The van der Waals surface area contributed by atoms with E-state index >= 15 is 0 Å². The van der Waals surface area contributed by atoms with Gasteiger partial charge in [0.25, 0.3) is 0 Å². The van der Waals surface area contributed by atoms with Crippen LogP contribution in [0.2, 0.25) is 0 Å². The lowest BCUT2D eigenvalue weighted by Crippen LogP contribution is -2.43. The van der Waals surface area contributed by atoms with E-state index in [1.54, 1.807) is 14.0 Å². The van der Waals surface area contributed by atoms with Crippen LogP contribution in [0.15, 0.2) is 30.6 Å². The normalized spacial score (nSPS) is 12.9. The van der Waals surface area contributed by atoms with Gasteiger partial charge >= 0.3 is 12.2 Å². The molecule has 0 aliphatic heterocycles. The first-order chi connectivity index (χ1) is 8.70. The first-order valence-electron chi connectivity index (χ1n) is 5.57. The molecule has 0 saturated heterocycles. The number of carbonyl (C=O) groups is 1. The van der Waals surface area contributed by atoms with E-state index in [0.717, 1.165) is 0 Å². The van der Waals surface area contributed by atoms with Crippen LogP contribution in [-0.4, -0.2) is 23.3 Å². The van der Waals surface area contributed by atoms with Crippen LogP contribution in [0.25, 0.3) is 0 Å². The second-order valence-electron chi connectivity index (χ2n) is 4.37. The van der Waals surface area contributed by atoms with Crippen LogP contribution in [0.3, 0.4) is 0 Å². The number of aromatic nitrogens is 1. The van der Waals surface area contributed by atoms with E-state index in [9.17, 15) is 18.0 Å². The molecule has 0 spiro atoms. The van der Waals surface area contributed by atoms with Crippen LogP contribution < -0.4 is 10.6 Å². The molecule has 0 saturated carbocycles. The Morgan fingerprint density at radius 3 is 2.58 bits per heavy atom. The summed E-state index contributed by atoms with van der Waals surface area (Å²) in [6, 6.07) is -1.59. The van der Waals surface area contributed by atoms with Crippen LogP contribution in [0.4, 0.5) is 18.0 Å². The molecule has 0 aromatic carbocycles. The number of carbonyl (C=O) groups excluding carboxylic acids is 1. The van der Waals surface area contributed by atoms with Gasteiger partial charge in [-0.25, -0.2) is 4.79 Å². The van der Waals surface area contributed by atoms with Gasteiger partial charge in [0.05, 0.1) is 0 Å². The lowest BCUT2D eigenvalue weighted by molar-refractivity contribution is -0.154. The lowest BCUT2D eigenvalue weighted by atomic mass is 10.1. The third kappa shape index (κ3) is 4.69. The molecule has 0 bridgehead atoms. The van der Waals surface area contributed by atoms with Gasteiger partial charge in [0.2, 0.25) is 0 Å². The molecule has 2 amide bonds. The van der Waals surface area contributed by atoms with Crippen molar-refractivity contribution in [2.75, 3.05) is 6.54 Å². The van der Waals surface area contributed by atoms with Gasteiger partial charge in [0, 0.05) is 31.5 Å².